The average Bonchev–Trinajstić information content (AvgIpc) is 1.83. The summed E-state index contributed by atoms with van der Waals surface area (Å²) >= 11 is 0. The van der Waals surface area contributed by atoms with Gasteiger partial charge < -0.3 is 15.2 Å². The van der Waals surface area contributed by atoms with Gasteiger partial charge in [-0.1, -0.05) is 0 Å². The second kappa shape index (κ2) is 3.52. The molecule has 0 aliphatic carbocycles. The zero-order valence-corrected chi connectivity index (χ0v) is 7.26. The largest absolute Gasteiger partial charge is 0.387 e. The number of hydrogen-bond acceptors (Lipinski definition) is 3. The summed E-state index contributed by atoms with van der Waals surface area (Å²) in [6, 6.07) is 0. The minimum absolute atomic E-state index is 0.270. The van der Waals surface area contributed by atoms with Crippen LogP contribution in [-0.2, 0) is 4.74 Å². The Kier molecular flexibility index (Phi) is 2.87. The molecule has 0 aromatic rings. The second-order valence-electron chi connectivity index (χ2n) is 3.50. The summed E-state index contributed by atoms with van der Waals surface area (Å²) in [6.45, 7) is 6.10. The minimum Gasteiger partial charge on any atom is -0.387 e. The molecule has 1 aliphatic rings. The SMILES string of the molecule is CC(C)OCCC1(O)CNC1. The van der Waals surface area contributed by atoms with Gasteiger partial charge >= 0.3 is 0 Å². The van der Waals surface area contributed by atoms with Crippen LogP contribution in [0.15, 0.2) is 0 Å². The first-order chi connectivity index (χ1) is 5.12. The Morgan fingerprint density at radius 2 is 2.18 bits per heavy atom. The van der Waals surface area contributed by atoms with Gasteiger partial charge in [0.2, 0.25) is 0 Å². The van der Waals surface area contributed by atoms with Crippen LogP contribution in [0.4, 0.5) is 0 Å². The fourth-order valence-corrected chi connectivity index (χ4v) is 1.07. The first-order valence-corrected chi connectivity index (χ1v) is 4.17. The fourth-order valence-electron chi connectivity index (χ4n) is 1.07. The summed E-state index contributed by atoms with van der Waals surface area (Å²) in [5.41, 5.74) is -0.477. The molecule has 0 saturated carbocycles. The second-order valence-corrected chi connectivity index (χ2v) is 3.50. The van der Waals surface area contributed by atoms with Gasteiger partial charge in [-0.15, -0.1) is 0 Å². The van der Waals surface area contributed by atoms with Crippen LogP contribution in [0.25, 0.3) is 0 Å². The van der Waals surface area contributed by atoms with E-state index in [4.69, 9.17) is 4.74 Å². The summed E-state index contributed by atoms with van der Waals surface area (Å²) in [7, 11) is 0. The van der Waals surface area contributed by atoms with Gasteiger partial charge in [0.1, 0.15) is 0 Å². The molecule has 0 amide bonds. The lowest BCUT2D eigenvalue weighted by molar-refractivity contribution is -0.0462. The zero-order chi connectivity index (χ0) is 8.32. The van der Waals surface area contributed by atoms with Crippen LogP contribution in [0.3, 0.4) is 0 Å². The van der Waals surface area contributed by atoms with Gasteiger partial charge in [-0.3, -0.25) is 0 Å². The van der Waals surface area contributed by atoms with Gasteiger partial charge in [0.15, 0.2) is 0 Å². The highest BCUT2D eigenvalue weighted by Crippen LogP contribution is 2.15. The molecule has 0 aromatic carbocycles. The molecule has 3 nitrogen and oxygen atoms in total. The number of β-amino-alcohol motifs (C(OH)–C–C–N with tert-alkyl or cyclic N) is 1. The monoisotopic (exact) mass is 159 g/mol. The molecule has 1 saturated heterocycles. The van der Waals surface area contributed by atoms with Crippen LogP contribution in [0.5, 0.6) is 0 Å². The summed E-state index contributed by atoms with van der Waals surface area (Å²) < 4.78 is 5.33. The third kappa shape index (κ3) is 2.77. The normalized spacial score (nSPS) is 21.8. The molecule has 1 heterocycles. The van der Waals surface area contributed by atoms with E-state index in [1.165, 1.54) is 0 Å². The molecule has 1 aliphatic heterocycles. The molecule has 1 fully saturated rings. The Balaban J connectivity index is 2.02. The van der Waals surface area contributed by atoms with Crippen molar-refractivity contribution in [3.8, 4) is 0 Å². The predicted molar refractivity (Wildman–Crippen MR) is 43.5 cm³/mol. The van der Waals surface area contributed by atoms with Crippen LogP contribution in [0.1, 0.15) is 20.3 Å². The number of rotatable bonds is 4. The van der Waals surface area contributed by atoms with Crippen LogP contribution in [0, 0.1) is 0 Å². The molecule has 11 heavy (non-hydrogen) atoms. The molecular formula is C8H17NO2. The summed E-state index contributed by atoms with van der Waals surface area (Å²) in [5.74, 6) is 0. The van der Waals surface area contributed by atoms with Gasteiger partial charge in [-0.25, -0.2) is 0 Å². The van der Waals surface area contributed by atoms with Crippen LogP contribution >= 0.6 is 0 Å². The summed E-state index contributed by atoms with van der Waals surface area (Å²) in [6.07, 6.45) is 1.02. The van der Waals surface area contributed by atoms with Crippen molar-refractivity contribution in [3.63, 3.8) is 0 Å². The van der Waals surface area contributed by atoms with Crippen molar-refractivity contribution in [3.05, 3.63) is 0 Å². The van der Waals surface area contributed by atoms with Crippen molar-refractivity contribution >= 4 is 0 Å². The minimum atomic E-state index is -0.477. The zero-order valence-electron chi connectivity index (χ0n) is 7.26. The van der Waals surface area contributed by atoms with Gasteiger partial charge in [0.05, 0.1) is 11.7 Å². The fraction of sp³-hybridized carbons (Fsp3) is 1.00. The smallest absolute Gasteiger partial charge is 0.0917 e. The lowest BCUT2D eigenvalue weighted by Gasteiger charge is -2.37. The third-order valence-electron chi connectivity index (χ3n) is 1.93. The van der Waals surface area contributed by atoms with Crippen molar-refractivity contribution in [1.29, 1.82) is 0 Å². The highest BCUT2D eigenvalue weighted by atomic mass is 16.5. The topological polar surface area (TPSA) is 41.5 Å². The Hall–Kier alpha value is -0.120. The maximum atomic E-state index is 9.58. The lowest BCUT2D eigenvalue weighted by atomic mass is 9.94. The molecule has 2 N–H and O–H groups in total. The molecule has 0 unspecified atom stereocenters. The molecule has 66 valence electrons. The van der Waals surface area contributed by atoms with E-state index in [2.05, 4.69) is 5.32 Å². The Labute approximate surface area is 67.7 Å². The first-order valence-electron chi connectivity index (χ1n) is 4.17. The number of ether oxygens (including phenoxy) is 1. The van der Waals surface area contributed by atoms with E-state index in [9.17, 15) is 5.11 Å². The molecular weight excluding hydrogens is 142 g/mol. The van der Waals surface area contributed by atoms with Crippen LogP contribution in [0.2, 0.25) is 0 Å². The van der Waals surface area contributed by atoms with Crippen molar-refractivity contribution in [2.24, 2.45) is 0 Å². The van der Waals surface area contributed by atoms with E-state index in [-0.39, 0.29) is 6.10 Å². The average molecular weight is 159 g/mol. The number of hydrogen-bond donors (Lipinski definition) is 2. The van der Waals surface area contributed by atoms with Crippen molar-refractivity contribution in [2.75, 3.05) is 19.7 Å². The van der Waals surface area contributed by atoms with Gasteiger partial charge in [0, 0.05) is 26.1 Å². The van der Waals surface area contributed by atoms with E-state index in [0.717, 1.165) is 6.42 Å². The standard InChI is InChI=1S/C8H17NO2/c1-7(2)11-4-3-8(10)5-9-6-8/h7,9-10H,3-6H2,1-2H3. The highest BCUT2D eigenvalue weighted by Gasteiger charge is 2.33. The molecule has 3 heteroatoms. The Bertz CT molecular complexity index is 121. The summed E-state index contributed by atoms with van der Waals surface area (Å²) in [4.78, 5) is 0. The lowest BCUT2D eigenvalue weighted by Crippen LogP contribution is -2.59. The quantitative estimate of drug-likeness (QED) is 0.613. The Morgan fingerprint density at radius 1 is 1.55 bits per heavy atom. The van der Waals surface area contributed by atoms with E-state index in [1.54, 1.807) is 0 Å². The third-order valence-corrected chi connectivity index (χ3v) is 1.93. The first kappa shape index (κ1) is 8.97. The van der Waals surface area contributed by atoms with E-state index < -0.39 is 5.60 Å². The molecule has 0 aromatic heterocycles. The number of aliphatic hydroxyl groups is 1. The highest BCUT2D eigenvalue weighted by molar-refractivity contribution is 4.92. The van der Waals surface area contributed by atoms with E-state index in [1.807, 2.05) is 13.8 Å². The molecule has 1 rings (SSSR count). The van der Waals surface area contributed by atoms with Gasteiger partial charge in [-0.05, 0) is 13.8 Å². The van der Waals surface area contributed by atoms with Crippen LogP contribution < -0.4 is 5.32 Å². The maximum absolute atomic E-state index is 9.58. The Morgan fingerprint density at radius 3 is 2.55 bits per heavy atom. The summed E-state index contributed by atoms with van der Waals surface area (Å²) in [5, 5.41) is 12.6. The predicted octanol–water partition coefficient (Wildman–Crippen LogP) is 0.136. The number of nitrogens with one attached hydrogen (secondary N) is 1. The van der Waals surface area contributed by atoms with Gasteiger partial charge in [0.25, 0.3) is 0 Å². The van der Waals surface area contributed by atoms with Crippen molar-refractivity contribution in [1.82, 2.24) is 5.32 Å². The maximum Gasteiger partial charge on any atom is 0.0917 e. The van der Waals surface area contributed by atoms with Crippen LogP contribution in [-0.4, -0.2) is 36.5 Å². The molecule has 0 radical (unpaired) electrons. The van der Waals surface area contributed by atoms with E-state index in [0.29, 0.717) is 19.7 Å². The molecule has 0 bridgehead atoms. The van der Waals surface area contributed by atoms with Gasteiger partial charge in [-0.2, -0.15) is 0 Å². The molecule has 0 atom stereocenters. The molecule has 0 spiro atoms. The van der Waals surface area contributed by atoms with Crippen molar-refractivity contribution in [2.45, 2.75) is 32.0 Å². The van der Waals surface area contributed by atoms with E-state index >= 15 is 0 Å². The van der Waals surface area contributed by atoms with Crippen molar-refractivity contribution < 1.29 is 9.84 Å².